The van der Waals surface area contributed by atoms with Crippen LogP contribution < -0.4 is 0 Å². The first-order chi connectivity index (χ1) is 14.8. The monoisotopic (exact) mass is 416 g/mol. The summed E-state index contributed by atoms with van der Waals surface area (Å²) in [5.41, 5.74) is 0. The van der Waals surface area contributed by atoms with Crippen LogP contribution in [0.15, 0.2) is 0 Å². The van der Waals surface area contributed by atoms with Crippen LogP contribution in [0.3, 0.4) is 0 Å². The molecule has 3 rings (SSSR count). The quantitative estimate of drug-likeness (QED) is 0.404. The fourth-order valence-electron chi connectivity index (χ4n) is 8.24. The Hall–Kier alpha value is 0. The standard InChI is InChI=1S/C30H56/c1-3-25(4-2)30(29-23-15-16-24-29)28-21-13-11-19-27(20-12-14-22-28)26-17-9-7-5-6-8-10-18-26/h25-30H,3-24H2,1-2H3. The maximum atomic E-state index is 2.48. The lowest BCUT2D eigenvalue weighted by Gasteiger charge is -2.38. The minimum Gasteiger partial charge on any atom is -0.0651 e. The molecule has 0 amide bonds. The summed E-state index contributed by atoms with van der Waals surface area (Å²) in [5, 5.41) is 0. The molecule has 3 aliphatic rings. The Morgan fingerprint density at radius 3 is 1.10 bits per heavy atom. The van der Waals surface area contributed by atoms with Crippen molar-refractivity contribution in [2.75, 3.05) is 0 Å². The Kier molecular flexibility index (Phi) is 11.7. The second-order valence-corrected chi connectivity index (χ2v) is 11.7. The molecule has 0 nitrogen and oxygen atoms in total. The summed E-state index contributed by atoms with van der Waals surface area (Å²) in [4.78, 5) is 0. The van der Waals surface area contributed by atoms with Crippen LogP contribution in [-0.2, 0) is 0 Å². The molecular weight excluding hydrogens is 360 g/mol. The van der Waals surface area contributed by atoms with Crippen molar-refractivity contribution in [2.24, 2.45) is 35.5 Å². The molecule has 0 radical (unpaired) electrons. The summed E-state index contributed by atoms with van der Waals surface area (Å²) >= 11 is 0. The fraction of sp³-hybridized carbons (Fsp3) is 1.00. The average molecular weight is 417 g/mol. The Morgan fingerprint density at radius 1 is 0.433 bits per heavy atom. The molecule has 1 atom stereocenters. The maximum Gasteiger partial charge on any atom is -0.0329 e. The van der Waals surface area contributed by atoms with Crippen molar-refractivity contribution in [1.82, 2.24) is 0 Å². The highest BCUT2D eigenvalue weighted by molar-refractivity contribution is 4.86. The highest BCUT2D eigenvalue weighted by Gasteiger charge is 2.35. The third-order valence-electron chi connectivity index (χ3n) is 9.95. The lowest BCUT2D eigenvalue weighted by atomic mass is 9.67. The molecule has 30 heavy (non-hydrogen) atoms. The SMILES string of the molecule is CCC(CC)C(C1CCCCC(C2CCCCCCCC2)CCCC1)C1CCCC1. The third-order valence-corrected chi connectivity index (χ3v) is 9.95. The summed E-state index contributed by atoms with van der Waals surface area (Å²) < 4.78 is 0. The Labute approximate surface area is 190 Å². The van der Waals surface area contributed by atoms with Gasteiger partial charge in [0.15, 0.2) is 0 Å². The molecule has 0 heterocycles. The van der Waals surface area contributed by atoms with E-state index in [4.69, 9.17) is 0 Å². The molecule has 0 aliphatic heterocycles. The molecule has 3 aliphatic carbocycles. The maximum absolute atomic E-state index is 2.48. The van der Waals surface area contributed by atoms with Crippen molar-refractivity contribution in [3.05, 3.63) is 0 Å². The van der Waals surface area contributed by atoms with Gasteiger partial charge >= 0.3 is 0 Å². The van der Waals surface area contributed by atoms with E-state index in [1.807, 2.05) is 0 Å². The summed E-state index contributed by atoms with van der Waals surface area (Å²) in [7, 11) is 0. The van der Waals surface area contributed by atoms with Gasteiger partial charge in [-0.3, -0.25) is 0 Å². The Balaban J connectivity index is 1.55. The largest absolute Gasteiger partial charge is 0.0651 e. The van der Waals surface area contributed by atoms with E-state index in [-0.39, 0.29) is 0 Å². The van der Waals surface area contributed by atoms with E-state index in [0.717, 1.165) is 35.5 Å². The topological polar surface area (TPSA) is 0 Å². The van der Waals surface area contributed by atoms with E-state index in [2.05, 4.69) is 13.8 Å². The average Bonchev–Trinajstić information content (AvgIpc) is 3.33. The van der Waals surface area contributed by atoms with Gasteiger partial charge in [0, 0.05) is 0 Å². The predicted molar refractivity (Wildman–Crippen MR) is 134 cm³/mol. The third kappa shape index (κ3) is 7.55. The molecular formula is C30H56. The molecule has 0 heteroatoms. The molecule has 3 saturated carbocycles. The molecule has 0 aromatic rings. The minimum absolute atomic E-state index is 1.01. The van der Waals surface area contributed by atoms with Crippen LogP contribution in [-0.4, -0.2) is 0 Å². The lowest BCUT2D eigenvalue weighted by molar-refractivity contribution is 0.113. The van der Waals surface area contributed by atoms with E-state index in [0.29, 0.717) is 0 Å². The first-order valence-electron chi connectivity index (χ1n) is 14.8. The van der Waals surface area contributed by atoms with E-state index in [1.165, 1.54) is 89.9 Å². The van der Waals surface area contributed by atoms with Gasteiger partial charge in [-0.05, 0) is 35.5 Å². The zero-order chi connectivity index (χ0) is 21.0. The first kappa shape index (κ1) is 24.6. The highest BCUT2D eigenvalue weighted by Crippen LogP contribution is 2.45. The molecule has 176 valence electrons. The predicted octanol–water partition coefficient (Wildman–Crippen LogP) is 10.3. The van der Waals surface area contributed by atoms with Crippen LogP contribution in [0.5, 0.6) is 0 Å². The highest BCUT2D eigenvalue weighted by atomic mass is 14.4. The van der Waals surface area contributed by atoms with Gasteiger partial charge in [-0.25, -0.2) is 0 Å². The molecule has 0 bridgehead atoms. The van der Waals surface area contributed by atoms with Crippen LogP contribution in [0.1, 0.15) is 155 Å². The van der Waals surface area contributed by atoms with Crippen LogP contribution in [0, 0.1) is 35.5 Å². The number of hydrogen-bond donors (Lipinski definition) is 0. The summed E-state index contributed by atoms with van der Waals surface area (Å²) in [5.74, 6) is 6.35. The zero-order valence-electron chi connectivity index (χ0n) is 21.0. The van der Waals surface area contributed by atoms with Crippen LogP contribution in [0.4, 0.5) is 0 Å². The molecule has 0 spiro atoms. The van der Waals surface area contributed by atoms with Crippen molar-refractivity contribution >= 4 is 0 Å². The van der Waals surface area contributed by atoms with Gasteiger partial charge in [0.1, 0.15) is 0 Å². The molecule has 0 saturated heterocycles. The van der Waals surface area contributed by atoms with Crippen molar-refractivity contribution < 1.29 is 0 Å². The van der Waals surface area contributed by atoms with Gasteiger partial charge in [-0.1, -0.05) is 155 Å². The van der Waals surface area contributed by atoms with Crippen molar-refractivity contribution in [3.8, 4) is 0 Å². The van der Waals surface area contributed by atoms with E-state index < -0.39 is 0 Å². The smallest absolute Gasteiger partial charge is 0.0329 e. The van der Waals surface area contributed by atoms with Crippen molar-refractivity contribution in [3.63, 3.8) is 0 Å². The van der Waals surface area contributed by atoms with Gasteiger partial charge in [0.25, 0.3) is 0 Å². The number of rotatable bonds is 6. The summed E-state index contributed by atoms with van der Waals surface area (Å²) in [6.07, 6.45) is 33.7. The Morgan fingerprint density at radius 2 is 0.733 bits per heavy atom. The minimum atomic E-state index is 1.01. The second kappa shape index (κ2) is 14.2. The van der Waals surface area contributed by atoms with Gasteiger partial charge < -0.3 is 0 Å². The second-order valence-electron chi connectivity index (χ2n) is 11.7. The van der Waals surface area contributed by atoms with Gasteiger partial charge in [0.05, 0.1) is 0 Å². The Bertz CT molecular complexity index is 392. The molecule has 0 aromatic carbocycles. The van der Waals surface area contributed by atoms with E-state index in [9.17, 15) is 0 Å². The summed E-state index contributed by atoms with van der Waals surface area (Å²) in [6, 6.07) is 0. The van der Waals surface area contributed by atoms with E-state index >= 15 is 0 Å². The molecule has 0 N–H and O–H groups in total. The van der Waals surface area contributed by atoms with Crippen molar-refractivity contribution in [1.29, 1.82) is 0 Å². The zero-order valence-corrected chi connectivity index (χ0v) is 21.0. The fourth-order valence-corrected chi connectivity index (χ4v) is 8.24. The summed E-state index contributed by atoms with van der Waals surface area (Å²) in [6.45, 7) is 4.97. The number of hydrogen-bond acceptors (Lipinski definition) is 0. The molecule has 0 aromatic heterocycles. The van der Waals surface area contributed by atoms with Crippen LogP contribution in [0.25, 0.3) is 0 Å². The van der Waals surface area contributed by atoms with Gasteiger partial charge in [-0.2, -0.15) is 0 Å². The molecule has 1 unspecified atom stereocenters. The van der Waals surface area contributed by atoms with Gasteiger partial charge in [-0.15, -0.1) is 0 Å². The lowest BCUT2D eigenvalue weighted by Crippen LogP contribution is -2.30. The van der Waals surface area contributed by atoms with E-state index in [1.54, 1.807) is 51.4 Å². The van der Waals surface area contributed by atoms with Crippen LogP contribution >= 0.6 is 0 Å². The van der Waals surface area contributed by atoms with Gasteiger partial charge in [0.2, 0.25) is 0 Å². The molecule has 3 fully saturated rings. The van der Waals surface area contributed by atoms with Crippen molar-refractivity contribution in [2.45, 2.75) is 155 Å². The van der Waals surface area contributed by atoms with Crippen LogP contribution in [0.2, 0.25) is 0 Å². The normalized spacial score (nSPS) is 30.5. The first-order valence-corrected chi connectivity index (χ1v) is 14.8.